The monoisotopic (exact) mass is 335 g/mol. The largest absolute Gasteiger partial charge is 0.344 e. The van der Waals surface area contributed by atoms with E-state index in [0.29, 0.717) is 17.6 Å². The maximum absolute atomic E-state index is 11.3. The van der Waals surface area contributed by atoms with E-state index in [1.165, 1.54) is 6.92 Å². The summed E-state index contributed by atoms with van der Waals surface area (Å²) in [6.07, 6.45) is 1.11. The molecule has 1 saturated heterocycles. The molecule has 2 aromatic heterocycles. The first-order valence-corrected chi connectivity index (χ1v) is 8.50. The quantitative estimate of drug-likeness (QED) is 0.887. The zero-order chi connectivity index (χ0) is 16.6. The molecule has 1 aliphatic rings. The second-order valence-corrected chi connectivity index (χ2v) is 7.42. The van der Waals surface area contributed by atoms with Crippen LogP contribution in [0.2, 0.25) is 0 Å². The fraction of sp³-hybridized carbons (Fsp3) is 0.600. The van der Waals surface area contributed by atoms with Crippen molar-refractivity contribution in [3.63, 3.8) is 0 Å². The Morgan fingerprint density at radius 1 is 1.43 bits per heavy atom. The second-order valence-electron chi connectivity index (χ2n) is 6.39. The topological polar surface area (TPSA) is 92.9 Å². The molecule has 0 bridgehead atoms. The summed E-state index contributed by atoms with van der Waals surface area (Å²) in [5.41, 5.74) is 0.231. The highest BCUT2D eigenvalue weighted by Gasteiger charge is 2.29. The number of thiazole rings is 1. The van der Waals surface area contributed by atoms with Gasteiger partial charge in [-0.3, -0.25) is 4.79 Å². The molecule has 0 aromatic carbocycles. The molecule has 0 saturated carbocycles. The summed E-state index contributed by atoms with van der Waals surface area (Å²) in [6.45, 7) is 9.13. The number of aromatic nitrogens is 3. The third-order valence-corrected chi connectivity index (χ3v) is 5.20. The van der Waals surface area contributed by atoms with Crippen LogP contribution in [-0.4, -0.2) is 34.1 Å². The Bertz CT molecular complexity index is 715. The highest BCUT2D eigenvalue weighted by molar-refractivity contribution is 7.15. The number of carbonyl (C=O) groups is 1. The summed E-state index contributed by atoms with van der Waals surface area (Å²) < 4.78 is 5.42. The molecule has 1 atom stereocenters. The maximum atomic E-state index is 11.3. The zero-order valence-corrected chi connectivity index (χ0v) is 14.6. The average Bonchev–Trinajstić information content (AvgIpc) is 3.17. The molecule has 1 amide bonds. The number of hydrogen-bond donors (Lipinski definition) is 2. The molecule has 0 radical (unpaired) electrons. The molecule has 3 rings (SSSR count). The smallest absolute Gasteiger partial charge is 0.270 e. The van der Waals surface area contributed by atoms with Crippen molar-refractivity contribution >= 4 is 17.2 Å². The van der Waals surface area contributed by atoms with Crippen molar-refractivity contribution in [2.45, 2.75) is 45.6 Å². The van der Waals surface area contributed by atoms with Crippen LogP contribution in [0.25, 0.3) is 10.8 Å². The van der Waals surface area contributed by atoms with Gasteiger partial charge in [0.05, 0.1) is 16.2 Å². The first-order chi connectivity index (χ1) is 10.9. The number of nitrogens with zero attached hydrogens (tertiary/aromatic N) is 3. The molecule has 0 spiro atoms. The van der Waals surface area contributed by atoms with Gasteiger partial charge in [0.15, 0.2) is 5.82 Å². The fourth-order valence-corrected chi connectivity index (χ4v) is 3.84. The Labute approximate surface area is 138 Å². The summed E-state index contributed by atoms with van der Waals surface area (Å²) in [7, 11) is 0. The van der Waals surface area contributed by atoms with Gasteiger partial charge in [-0.25, -0.2) is 4.98 Å². The number of carbonyl (C=O) groups excluding carboxylic acids is 1. The van der Waals surface area contributed by atoms with Gasteiger partial charge < -0.3 is 15.2 Å². The van der Waals surface area contributed by atoms with Gasteiger partial charge in [0.2, 0.25) is 5.91 Å². The van der Waals surface area contributed by atoms with E-state index >= 15 is 0 Å². The Kier molecular flexibility index (Phi) is 4.20. The van der Waals surface area contributed by atoms with E-state index in [1.54, 1.807) is 11.3 Å². The van der Waals surface area contributed by atoms with Crippen molar-refractivity contribution in [3.05, 3.63) is 16.5 Å². The van der Waals surface area contributed by atoms with Gasteiger partial charge in [0.1, 0.15) is 4.88 Å². The van der Waals surface area contributed by atoms with Crippen LogP contribution in [0.3, 0.4) is 0 Å². The predicted octanol–water partition coefficient (Wildman–Crippen LogP) is 1.95. The minimum atomic E-state index is -0.676. The Hall–Kier alpha value is -1.80. The third-order valence-electron chi connectivity index (χ3n) is 3.89. The molecule has 7 nitrogen and oxygen atoms in total. The SMILES string of the molecule is CC(=O)NC(C)(C)c1noc(-c2sc(C3CCNC3)nc2C)n1. The lowest BCUT2D eigenvalue weighted by Crippen LogP contribution is -2.40. The maximum Gasteiger partial charge on any atom is 0.270 e. The molecule has 0 aliphatic carbocycles. The molecular weight excluding hydrogens is 314 g/mol. The molecule has 2 aromatic rings. The van der Waals surface area contributed by atoms with E-state index in [-0.39, 0.29) is 5.91 Å². The fourth-order valence-electron chi connectivity index (χ4n) is 2.72. The van der Waals surface area contributed by atoms with Crippen LogP contribution in [0.15, 0.2) is 4.52 Å². The Morgan fingerprint density at radius 3 is 2.87 bits per heavy atom. The lowest BCUT2D eigenvalue weighted by molar-refractivity contribution is -0.120. The normalized spacial score (nSPS) is 18.3. The molecular formula is C15H21N5O2S. The number of hydrogen-bond acceptors (Lipinski definition) is 7. The number of rotatable bonds is 4. The van der Waals surface area contributed by atoms with E-state index in [1.807, 2.05) is 20.8 Å². The third kappa shape index (κ3) is 3.28. The summed E-state index contributed by atoms with van der Waals surface area (Å²) in [5.74, 6) is 1.25. The molecule has 3 heterocycles. The van der Waals surface area contributed by atoms with Crippen LogP contribution in [0, 0.1) is 6.92 Å². The van der Waals surface area contributed by atoms with Gasteiger partial charge in [-0.15, -0.1) is 11.3 Å². The highest BCUT2D eigenvalue weighted by Crippen LogP contribution is 2.35. The molecule has 1 unspecified atom stereocenters. The van der Waals surface area contributed by atoms with Crippen molar-refractivity contribution in [1.82, 2.24) is 25.8 Å². The summed E-state index contributed by atoms with van der Waals surface area (Å²) in [6, 6.07) is 0. The van der Waals surface area contributed by atoms with Crippen molar-refractivity contribution in [2.75, 3.05) is 13.1 Å². The molecule has 1 fully saturated rings. The van der Waals surface area contributed by atoms with Gasteiger partial charge in [-0.2, -0.15) is 4.98 Å². The van der Waals surface area contributed by atoms with Crippen molar-refractivity contribution in [1.29, 1.82) is 0 Å². The van der Waals surface area contributed by atoms with Crippen LogP contribution in [0.5, 0.6) is 0 Å². The van der Waals surface area contributed by atoms with E-state index in [2.05, 4.69) is 25.8 Å². The van der Waals surface area contributed by atoms with Crippen molar-refractivity contribution in [2.24, 2.45) is 0 Å². The highest BCUT2D eigenvalue weighted by atomic mass is 32.1. The van der Waals surface area contributed by atoms with E-state index in [9.17, 15) is 4.79 Å². The average molecular weight is 335 g/mol. The van der Waals surface area contributed by atoms with Crippen molar-refractivity contribution in [3.8, 4) is 10.8 Å². The molecule has 8 heteroatoms. The molecule has 23 heavy (non-hydrogen) atoms. The second kappa shape index (κ2) is 6.01. The van der Waals surface area contributed by atoms with E-state index in [0.717, 1.165) is 35.1 Å². The summed E-state index contributed by atoms with van der Waals surface area (Å²) >= 11 is 1.61. The van der Waals surface area contributed by atoms with E-state index < -0.39 is 5.54 Å². The molecule has 2 N–H and O–H groups in total. The summed E-state index contributed by atoms with van der Waals surface area (Å²) in [5, 5.41) is 11.3. The van der Waals surface area contributed by atoms with Crippen molar-refractivity contribution < 1.29 is 9.32 Å². The van der Waals surface area contributed by atoms with Gasteiger partial charge in [0.25, 0.3) is 5.89 Å². The number of nitrogens with one attached hydrogen (secondary N) is 2. The number of aryl methyl sites for hydroxylation is 1. The lowest BCUT2D eigenvalue weighted by atomic mass is 10.1. The number of amides is 1. The van der Waals surface area contributed by atoms with Crippen LogP contribution in [0.1, 0.15) is 49.6 Å². The first-order valence-electron chi connectivity index (χ1n) is 7.68. The van der Waals surface area contributed by atoms with Crippen LogP contribution < -0.4 is 10.6 Å². The van der Waals surface area contributed by atoms with Crippen LogP contribution in [0.4, 0.5) is 0 Å². The van der Waals surface area contributed by atoms with Crippen LogP contribution >= 0.6 is 11.3 Å². The predicted molar refractivity (Wildman–Crippen MR) is 87.2 cm³/mol. The minimum Gasteiger partial charge on any atom is -0.344 e. The van der Waals surface area contributed by atoms with E-state index in [4.69, 9.17) is 4.52 Å². The lowest BCUT2D eigenvalue weighted by Gasteiger charge is -2.20. The minimum absolute atomic E-state index is 0.133. The molecule has 1 aliphatic heterocycles. The first kappa shape index (κ1) is 16.1. The van der Waals surface area contributed by atoms with Gasteiger partial charge in [-0.05, 0) is 33.7 Å². The van der Waals surface area contributed by atoms with Gasteiger partial charge >= 0.3 is 0 Å². The van der Waals surface area contributed by atoms with Crippen LogP contribution in [-0.2, 0) is 10.3 Å². The molecule has 124 valence electrons. The Balaban J connectivity index is 1.87. The standard InChI is InChI=1S/C15H21N5O2S/c1-8-11(23-13(17-8)10-5-6-16-7-10)12-18-14(20-22-12)15(3,4)19-9(2)21/h10,16H,5-7H2,1-4H3,(H,19,21). The Morgan fingerprint density at radius 2 is 2.22 bits per heavy atom. The summed E-state index contributed by atoms with van der Waals surface area (Å²) in [4.78, 5) is 21.3. The zero-order valence-electron chi connectivity index (χ0n) is 13.8. The van der Waals surface area contributed by atoms with Gasteiger partial charge in [-0.1, -0.05) is 5.16 Å². The van der Waals surface area contributed by atoms with Gasteiger partial charge in [0, 0.05) is 19.4 Å².